The quantitative estimate of drug-likeness (QED) is 0.831. The molecule has 0 spiro atoms. The third-order valence-electron chi connectivity index (χ3n) is 3.61. The lowest BCUT2D eigenvalue weighted by Gasteiger charge is -2.23. The highest BCUT2D eigenvalue weighted by atomic mass is 16.5. The van der Waals surface area contributed by atoms with Crippen LogP contribution < -0.4 is 0 Å². The predicted octanol–water partition coefficient (Wildman–Crippen LogP) is 0.649. The maximum absolute atomic E-state index is 12.5. The minimum absolute atomic E-state index is 0.0310. The van der Waals surface area contributed by atoms with E-state index < -0.39 is 0 Å². The first-order chi connectivity index (χ1) is 9.63. The molecule has 112 valence electrons. The van der Waals surface area contributed by atoms with Crippen LogP contribution >= 0.6 is 0 Å². The molecule has 1 aliphatic heterocycles. The zero-order valence-corrected chi connectivity index (χ0v) is 12.2. The third-order valence-corrected chi connectivity index (χ3v) is 3.61. The van der Waals surface area contributed by atoms with E-state index in [1.165, 1.54) is 0 Å². The minimum Gasteiger partial charge on any atom is -0.395 e. The summed E-state index contributed by atoms with van der Waals surface area (Å²) in [5, 5.41) is 13.4. The fraction of sp³-hybridized carbons (Fsp3) is 0.714. The first-order valence-electron chi connectivity index (χ1n) is 7.16. The van der Waals surface area contributed by atoms with E-state index in [2.05, 4.69) is 5.10 Å². The van der Waals surface area contributed by atoms with Gasteiger partial charge in [0.2, 0.25) is 5.91 Å². The molecule has 6 nitrogen and oxygen atoms in total. The number of aromatic nitrogens is 2. The largest absolute Gasteiger partial charge is 0.395 e. The van der Waals surface area contributed by atoms with Gasteiger partial charge in [0.15, 0.2) is 0 Å². The fourth-order valence-electron chi connectivity index (χ4n) is 2.52. The van der Waals surface area contributed by atoms with Gasteiger partial charge in [0.05, 0.1) is 31.4 Å². The standard InChI is InChI=1S/C14H23N3O3/c1-3-17-9-12(7-15-17)8-16(4-5-18)14(19)13-6-11(2)20-10-13/h7,9,11,13,18H,3-6,8,10H2,1-2H3. The summed E-state index contributed by atoms with van der Waals surface area (Å²) >= 11 is 0. The molecule has 0 aliphatic carbocycles. The highest BCUT2D eigenvalue weighted by molar-refractivity contribution is 5.79. The van der Waals surface area contributed by atoms with Crippen LogP contribution in [0.2, 0.25) is 0 Å². The molecule has 2 atom stereocenters. The van der Waals surface area contributed by atoms with Crippen molar-refractivity contribution >= 4 is 5.91 Å². The molecule has 0 radical (unpaired) electrons. The van der Waals surface area contributed by atoms with Crippen molar-refractivity contribution in [2.24, 2.45) is 5.92 Å². The number of ether oxygens (including phenoxy) is 1. The Balaban J connectivity index is 2.00. The van der Waals surface area contributed by atoms with Crippen LogP contribution in [0.25, 0.3) is 0 Å². The zero-order chi connectivity index (χ0) is 14.5. The van der Waals surface area contributed by atoms with Gasteiger partial charge in [-0.15, -0.1) is 0 Å². The third kappa shape index (κ3) is 3.58. The lowest BCUT2D eigenvalue weighted by atomic mass is 10.0. The van der Waals surface area contributed by atoms with Crippen LogP contribution in [0, 0.1) is 5.92 Å². The lowest BCUT2D eigenvalue weighted by Crippen LogP contribution is -2.37. The molecule has 1 aliphatic rings. The highest BCUT2D eigenvalue weighted by Gasteiger charge is 2.31. The Labute approximate surface area is 119 Å². The molecule has 0 saturated carbocycles. The zero-order valence-electron chi connectivity index (χ0n) is 12.2. The molecule has 6 heteroatoms. The topological polar surface area (TPSA) is 67.6 Å². The summed E-state index contributed by atoms with van der Waals surface area (Å²) in [4.78, 5) is 14.2. The molecular weight excluding hydrogens is 258 g/mol. The second kappa shape index (κ2) is 6.85. The number of carbonyl (C=O) groups is 1. The number of aryl methyl sites for hydroxylation is 1. The average Bonchev–Trinajstić information content (AvgIpc) is 3.06. The van der Waals surface area contributed by atoms with Crippen LogP contribution in [0.15, 0.2) is 12.4 Å². The van der Waals surface area contributed by atoms with Crippen molar-refractivity contribution in [3.8, 4) is 0 Å². The molecule has 2 rings (SSSR count). The monoisotopic (exact) mass is 281 g/mol. The number of aliphatic hydroxyl groups is 1. The summed E-state index contributed by atoms with van der Waals surface area (Å²) in [6.07, 6.45) is 4.61. The fourth-order valence-corrected chi connectivity index (χ4v) is 2.52. The maximum atomic E-state index is 12.5. The van der Waals surface area contributed by atoms with Gasteiger partial charge in [-0.25, -0.2) is 0 Å². The van der Waals surface area contributed by atoms with Crippen molar-refractivity contribution in [3.63, 3.8) is 0 Å². The Kier molecular flexibility index (Phi) is 5.14. The number of hydrogen-bond acceptors (Lipinski definition) is 4. The van der Waals surface area contributed by atoms with E-state index in [1.54, 1.807) is 11.1 Å². The molecule has 1 aromatic rings. The van der Waals surface area contributed by atoms with Crippen LogP contribution in [0.4, 0.5) is 0 Å². The minimum atomic E-state index is -0.0854. The van der Waals surface area contributed by atoms with Gasteiger partial charge in [-0.1, -0.05) is 0 Å². The molecule has 0 aromatic carbocycles. The summed E-state index contributed by atoms with van der Waals surface area (Å²) in [6, 6.07) is 0. The van der Waals surface area contributed by atoms with Crippen LogP contribution in [0.1, 0.15) is 25.8 Å². The first kappa shape index (κ1) is 15.0. The Morgan fingerprint density at radius 2 is 2.45 bits per heavy atom. The summed E-state index contributed by atoms with van der Waals surface area (Å²) in [7, 11) is 0. The Morgan fingerprint density at radius 1 is 1.65 bits per heavy atom. The van der Waals surface area contributed by atoms with Gasteiger partial charge in [0.25, 0.3) is 0 Å². The summed E-state index contributed by atoms with van der Waals surface area (Å²) in [6.45, 7) is 6.10. The van der Waals surface area contributed by atoms with E-state index in [9.17, 15) is 4.79 Å². The number of nitrogens with zero attached hydrogens (tertiary/aromatic N) is 3. The van der Waals surface area contributed by atoms with E-state index in [0.29, 0.717) is 19.7 Å². The molecule has 1 amide bonds. The van der Waals surface area contributed by atoms with Crippen LogP contribution in [-0.2, 0) is 22.6 Å². The maximum Gasteiger partial charge on any atom is 0.228 e. The van der Waals surface area contributed by atoms with E-state index in [1.807, 2.05) is 24.7 Å². The normalized spacial score (nSPS) is 22.1. The van der Waals surface area contributed by atoms with Crippen LogP contribution in [0.3, 0.4) is 0 Å². The molecule has 1 aromatic heterocycles. The summed E-state index contributed by atoms with van der Waals surface area (Å²) < 4.78 is 7.29. The molecular formula is C14H23N3O3. The number of carbonyl (C=O) groups excluding carboxylic acids is 1. The second-order valence-electron chi connectivity index (χ2n) is 5.26. The smallest absolute Gasteiger partial charge is 0.228 e. The number of hydrogen-bond donors (Lipinski definition) is 1. The van der Waals surface area contributed by atoms with Gasteiger partial charge in [0, 0.05) is 31.4 Å². The summed E-state index contributed by atoms with van der Waals surface area (Å²) in [5.41, 5.74) is 0.987. The van der Waals surface area contributed by atoms with Crippen molar-refractivity contribution in [1.29, 1.82) is 0 Å². The van der Waals surface area contributed by atoms with E-state index in [4.69, 9.17) is 9.84 Å². The Bertz CT molecular complexity index is 447. The van der Waals surface area contributed by atoms with E-state index in [-0.39, 0.29) is 24.5 Å². The lowest BCUT2D eigenvalue weighted by molar-refractivity contribution is -0.136. The van der Waals surface area contributed by atoms with Gasteiger partial charge >= 0.3 is 0 Å². The van der Waals surface area contributed by atoms with Crippen molar-refractivity contribution in [1.82, 2.24) is 14.7 Å². The van der Waals surface area contributed by atoms with Gasteiger partial charge in [-0.2, -0.15) is 5.10 Å². The molecule has 0 bridgehead atoms. The van der Waals surface area contributed by atoms with Crippen molar-refractivity contribution in [2.75, 3.05) is 19.8 Å². The van der Waals surface area contributed by atoms with Gasteiger partial charge in [0.1, 0.15) is 0 Å². The Hall–Kier alpha value is -1.40. The molecule has 2 heterocycles. The van der Waals surface area contributed by atoms with Crippen molar-refractivity contribution in [2.45, 2.75) is 39.5 Å². The highest BCUT2D eigenvalue weighted by Crippen LogP contribution is 2.22. The number of aliphatic hydroxyl groups excluding tert-OH is 1. The number of rotatable bonds is 6. The van der Waals surface area contributed by atoms with E-state index >= 15 is 0 Å². The molecule has 1 N–H and O–H groups in total. The van der Waals surface area contributed by atoms with Crippen molar-refractivity contribution < 1.29 is 14.6 Å². The van der Waals surface area contributed by atoms with Crippen LogP contribution in [-0.4, -0.2) is 51.6 Å². The van der Waals surface area contributed by atoms with Gasteiger partial charge < -0.3 is 14.7 Å². The molecule has 2 unspecified atom stereocenters. The molecule has 1 fully saturated rings. The van der Waals surface area contributed by atoms with E-state index in [0.717, 1.165) is 18.5 Å². The predicted molar refractivity (Wildman–Crippen MR) is 73.9 cm³/mol. The Morgan fingerprint density at radius 3 is 3.00 bits per heavy atom. The van der Waals surface area contributed by atoms with Gasteiger partial charge in [-0.05, 0) is 20.3 Å². The first-order valence-corrected chi connectivity index (χ1v) is 7.16. The SMILES string of the molecule is CCn1cc(CN(CCO)C(=O)C2COC(C)C2)cn1. The summed E-state index contributed by atoms with van der Waals surface area (Å²) in [5.74, 6) is -0.0228. The second-order valence-corrected chi connectivity index (χ2v) is 5.26. The van der Waals surface area contributed by atoms with Crippen molar-refractivity contribution in [3.05, 3.63) is 18.0 Å². The number of amides is 1. The van der Waals surface area contributed by atoms with Gasteiger partial charge in [-0.3, -0.25) is 9.48 Å². The van der Waals surface area contributed by atoms with Crippen LogP contribution in [0.5, 0.6) is 0 Å². The average molecular weight is 281 g/mol. The molecule has 1 saturated heterocycles. The molecule has 20 heavy (non-hydrogen) atoms.